The Hall–Kier alpha value is -1.79. The summed E-state index contributed by atoms with van der Waals surface area (Å²) in [7, 11) is 0. The zero-order valence-corrected chi connectivity index (χ0v) is 15.1. The lowest BCUT2D eigenvalue weighted by Crippen LogP contribution is -2.19. The summed E-state index contributed by atoms with van der Waals surface area (Å²) in [5, 5.41) is 9.15. The zero-order chi connectivity index (χ0) is 17.1. The average molecular weight is 399 g/mol. The smallest absolute Gasteiger partial charge is 0.308 e. The molecular formula is C16H10Cl3N3OS. The molecule has 24 heavy (non-hydrogen) atoms. The van der Waals surface area contributed by atoms with Crippen molar-refractivity contribution in [3.63, 3.8) is 0 Å². The summed E-state index contributed by atoms with van der Waals surface area (Å²) in [5.41, 5.74) is 2.13. The van der Waals surface area contributed by atoms with Gasteiger partial charge in [0.2, 0.25) is 0 Å². The molecule has 0 radical (unpaired) electrons. The highest BCUT2D eigenvalue weighted by atomic mass is 35.5. The predicted molar refractivity (Wildman–Crippen MR) is 102 cm³/mol. The maximum absolute atomic E-state index is 12.0. The van der Waals surface area contributed by atoms with Gasteiger partial charge in [0.1, 0.15) is 0 Å². The fourth-order valence-corrected chi connectivity index (χ4v) is 3.15. The number of nitrogens with zero attached hydrogens (tertiary/aromatic N) is 1. The van der Waals surface area contributed by atoms with Crippen LogP contribution in [0.1, 0.15) is 0 Å². The van der Waals surface area contributed by atoms with Crippen LogP contribution in [-0.4, -0.2) is 11.0 Å². The van der Waals surface area contributed by atoms with Crippen LogP contribution in [0.5, 0.6) is 0 Å². The normalized spacial score (nSPS) is 10.5. The van der Waals surface area contributed by atoms with E-state index in [4.69, 9.17) is 34.8 Å². The van der Waals surface area contributed by atoms with Gasteiger partial charge in [-0.3, -0.25) is 5.32 Å². The van der Waals surface area contributed by atoms with Gasteiger partial charge in [-0.15, -0.1) is 11.3 Å². The summed E-state index contributed by atoms with van der Waals surface area (Å²) < 4.78 is 0. The highest BCUT2D eigenvalue weighted by Gasteiger charge is 2.09. The second-order valence-corrected chi connectivity index (χ2v) is 6.87. The molecule has 2 aromatic carbocycles. The summed E-state index contributed by atoms with van der Waals surface area (Å²) >= 11 is 19.1. The molecule has 0 unspecified atom stereocenters. The minimum absolute atomic E-state index is 0.396. The molecule has 2 N–H and O–H groups in total. The van der Waals surface area contributed by atoms with Crippen LogP contribution in [-0.2, 0) is 0 Å². The largest absolute Gasteiger partial charge is 0.325 e. The Kier molecular flexibility index (Phi) is 5.26. The van der Waals surface area contributed by atoms with Crippen molar-refractivity contribution in [2.24, 2.45) is 0 Å². The topological polar surface area (TPSA) is 54.0 Å². The Labute approximate surface area is 157 Å². The molecule has 0 fully saturated rings. The van der Waals surface area contributed by atoms with Gasteiger partial charge in [-0.05, 0) is 30.3 Å². The van der Waals surface area contributed by atoms with Crippen molar-refractivity contribution < 1.29 is 4.79 Å². The number of hydrogen-bond acceptors (Lipinski definition) is 3. The molecule has 0 saturated heterocycles. The molecule has 0 aliphatic rings. The minimum atomic E-state index is -0.396. The van der Waals surface area contributed by atoms with E-state index < -0.39 is 6.03 Å². The fraction of sp³-hybridized carbons (Fsp3) is 0. The van der Waals surface area contributed by atoms with Crippen LogP contribution in [0.2, 0.25) is 15.1 Å². The quantitative estimate of drug-likeness (QED) is 0.535. The number of benzene rings is 2. The number of aromatic nitrogens is 1. The molecule has 0 bridgehead atoms. The Balaban J connectivity index is 1.69. The third-order valence-corrected chi connectivity index (χ3v) is 4.75. The molecule has 0 aliphatic heterocycles. The summed E-state index contributed by atoms with van der Waals surface area (Å²) in [6.07, 6.45) is 0. The third kappa shape index (κ3) is 4.19. The molecule has 4 nitrogen and oxygen atoms in total. The third-order valence-electron chi connectivity index (χ3n) is 3.02. The standard InChI is InChI=1S/C16H10Cl3N3OS/c17-10-2-1-3-11(7-10)20-15(23)22-16-21-14(8-24-16)9-4-5-12(18)13(19)6-9/h1-8H,(H2,20,21,22,23). The minimum Gasteiger partial charge on any atom is -0.308 e. The van der Waals surface area contributed by atoms with E-state index in [0.29, 0.717) is 31.6 Å². The molecule has 8 heteroatoms. The summed E-state index contributed by atoms with van der Waals surface area (Å²) in [5.74, 6) is 0. The van der Waals surface area contributed by atoms with Gasteiger partial charge in [-0.1, -0.05) is 46.9 Å². The number of halogens is 3. The molecule has 0 atom stereocenters. The summed E-state index contributed by atoms with van der Waals surface area (Å²) in [6.45, 7) is 0. The van der Waals surface area contributed by atoms with Crippen molar-refractivity contribution in [1.29, 1.82) is 0 Å². The summed E-state index contributed by atoms with van der Waals surface area (Å²) in [4.78, 5) is 16.4. The monoisotopic (exact) mass is 397 g/mol. The number of thiazole rings is 1. The predicted octanol–water partition coefficient (Wildman–Crippen LogP) is 6.41. The van der Waals surface area contributed by atoms with Gasteiger partial charge in [-0.2, -0.15) is 0 Å². The van der Waals surface area contributed by atoms with Gasteiger partial charge in [0.05, 0.1) is 15.7 Å². The maximum Gasteiger partial charge on any atom is 0.325 e. The van der Waals surface area contributed by atoms with Crippen molar-refractivity contribution in [3.05, 3.63) is 62.9 Å². The lowest BCUT2D eigenvalue weighted by Gasteiger charge is -2.05. The molecule has 0 aliphatic carbocycles. The molecule has 0 saturated carbocycles. The number of nitrogens with one attached hydrogen (secondary N) is 2. The number of rotatable bonds is 3. The molecule has 1 heterocycles. The van der Waals surface area contributed by atoms with Crippen LogP contribution in [0.25, 0.3) is 11.3 Å². The first kappa shape index (κ1) is 17.0. The van der Waals surface area contributed by atoms with Gasteiger partial charge in [0.25, 0.3) is 0 Å². The van der Waals surface area contributed by atoms with Gasteiger partial charge < -0.3 is 5.32 Å². The number of anilines is 2. The number of amides is 2. The Morgan fingerprint density at radius 1 is 1.00 bits per heavy atom. The lowest BCUT2D eigenvalue weighted by molar-refractivity contribution is 0.262. The molecule has 3 aromatic rings. The maximum atomic E-state index is 12.0. The first-order valence-electron chi connectivity index (χ1n) is 6.76. The Morgan fingerprint density at radius 2 is 1.83 bits per heavy atom. The van der Waals surface area contributed by atoms with Crippen molar-refractivity contribution in [2.45, 2.75) is 0 Å². The van der Waals surface area contributed by atoms with Crippen LogP contribution in [0.3, 0.4) is 0 Å². The molecular weight excluding hydrogens is 389 g/mol. The van der Waals surface area contributed by atoms with Crippen LogP contribution < -0.4 is 10.6 Å². The Bertz CT molecular complexity index is 898. The van der Waals surface area contributed by atoms with Gasteiger partial charge in [0.15, 0.2) is 5.13 Å². The second-order valence-electron chi connectivity index (χ2n) is 4.76. The first-order chi connectivity index (χ1) is 11.5. The van der Waals surface area contributed by atoms with E-state index in [-0.39, 0.29) is 0 Å². The van der Waals surface area contributed by atoms with Gasteiger partial charge in [-0.25, -0.2) is 9.78 Å². The second kappa shape index (κ2) is 7.40. The molecule has 0 spiro atoms. The van der Waals surface area contributed by atoms with E-state index in [1.165, 1.54) is 11.3 Å². The fourth-order valence-electron chi connectivity index (χ4n) is 1.94. The van der Waals surface area contributed by atoms with Crippen LogP contribution in [0.4, 0.5) is 15.6 Å². The van der Waals surface area contributed by atoms with Gasteiger partial charge in [0, 0.05) is 21.7 Å². The summed E-state index contributed by atoms with van der Waals surface area (Å²) in [6, 6.07) is 11.7. The molecule has 2 amide bonds. The molecule has 3 rings (SSSR count). The van der Waals surface area contributed by atoms with Crippen LogP contribution in [0.15, 0.2) is 47.8 Å². The van der Waals surface area contributed by atoms with Crippen LogP contribution >= 0.6 is 46.1 Å². The number of carbonyl (C=O) groups is 1. The Morgan fingerprint density at radius 3 is 2.58 bits per heavy atom. The van der Waals surface area contributed by atoms with E-state index >= 15 is 0 Å². The number of urea groups is 1. The highest BCUT2D eigenvalue weighted by molar-refractivity contribution is 7.14. The first-order valence-corrected chi connectivity index (χ1v) is 8.77. The van der Waals surface area contributed by atoms with E-state index in [1.54, 1.807) is 36.4 Å². The van der Waals surface area contributed by atoms with Crippen LogP contribution in [0, 0.1) is 0 Å². The molecule has 1 aromatic heterocycles. The van der Waals surface area contributed by atoms with Gasteiger partial charge >= 0.3 is 6.03 Å². The van der Waals surface area contributed by atoms with E-state index in [1.807, 2.05) is 11.4 Å². The van der Waals surface area contributed by atoms with Crippen molar-refractivity contribution in [2.75, 3.05) is 10.6 Å². The van der Waals surface area contributed by atoms with E-state index in [0.717, 1.165) is 5.56 Å². The SMILES string of the molecule is O=C(Nc1cccc(Cl)c1)Nc1nc(-c2ccc(Cl)c(Cl)c2)cs1. The zero-order valence-electron chi connectivity index (χ0n) is 12.0. The van der Waals surface area contributed by atoms with E-state index in [2.05, 4.69) is 15.6 Å². The van der Waals surface area contributed by atoms with Crippen molar-refractivity contribution in [3.8, 4) is 11.3 Å². The number of hydrogen-bond donors (Lipinski definition) is 2. The lowest BCUT2D eigenvalue weighted by atomic mass is 10.2. The number of carbonyl (C=O) groups excluding carboxylic acids is 1. The average Bonchev–Trinajstić information content (AvgIpc) is 2.98. The highest BCUT2D eigenvalue weighted by Crippen LogP contribution is 2.30. The van der Waals surface area contributed by atoms with Crippen molar-refractivity contribution >= 4 is 63.0 Å². The molecule has 122 valence electrons. The van der Waals surface area contributed by atoms with Crippen molar-refractivity contribution in [1.82, 2.24) is 4.98 Å². The van der Waals surface area contributed by atoms with E-state index in [9.17, 15) is 4.79 Å².